The van der Waals surface area contributed by atoms with Crippen molar-refractivity contribution in [2.45, 2.75) is 27.4 Å². The van der Waals surface area contributed by atoms with Gasteiger partial charge in [-0.15, -0.1) is 0 Å². The van der Waals surface area contributed by atoms with E-state index in [1.54, 1.807) is 0 Å². The van der Waals surface area contributed by atoms with Gasteiger partial charge in [0.25, 0.3) is 0 Å². The summed E-state index contributed by atoms with van der Waals surface area (Å²) in [7, 11) is 0. The molecule has 3 heteroatoms. The Morgan fingerprint density at radius 2 is 2.00 bits per heavy atom. The molecular formula is C13H20N2O. The predicted octanol–water partition coefficient (Wildman–Crippen LogP) is 2.78. The number of nitrogens with one attached hydrogen (secondary N) is 1. The van der Waals surface area contributed by atoms with Crippen LogP contribution in [0, 0.1) is 5.92 Å². The highest BCUT2D eigenvalue weighted by Crippen LogP contribution is 1.99. The Kier molecular flexibility index (Phi) is 5.57. The minimum atomic E-state index is 0.551. The first-order chi connectivity index (χ1) is 7.68. The van der Waals surface area contributed by atoms with Gasteiger partial charge in [0.15, 0.2) is 0 Å². The minimum absolute atomic E-state index is 0.551. The van der Waals surface area contributed by atoms with Crippen molar-refractivity contribution in [1.82, 2.24) is 5.48 Å². The summed E-state index contributed by atoms with van der Waals surface area (Å²) in [5, 5.41) is 0. The van der Waals surface area contributed by atoms with E-state index in [9.17, 15) is 0 Å². The molecule has 0 aromatic heterocycles. The zero-order chi connectivity index (χ0) is 11.8. The molecule has 16 heavy (non-hydrogen) atoms. The second-order valence-corrected chi connectivity index (χ2v) is 4.20. The molecule has 0 aliphatic rings. The van der Waals surface area contributed by atoms with Crippen molar-refractivity contribution in [2.75, 3.05) is 6.54 Å². The van der Waals surface area contributed by atoms with Crippen LogP contribution in [0.2, 0.25) is 0 Å². The summed E-state index contributed by atoms with van der Waals surface area (Å²) >= 11 is 0. The molecule has 88 valence electrons. The van der Waals surface area contributed by atoms with Crippen LogP contribution in [0.4, 0.5) is 0 Å². The van der Waals surface area contributed by atoms with Crippen LogP contribution in [0.1, 0.15) is 26.3 Å². The van der Waals surface area contributed by atoms with Gasteiger partial charge in [0.2, 0.25) is 0 Å². The predicted molar refractivity (Wildman–Crippen MR) is 67.2 cm³/mol. The number of hydrogen-bond donors (Lipinski definition) is 1. The third-order valence-corrected chi connectivity index (χ3v) is 2.00. The maximum atomic E-state index is 5.33. The van der Waals surface area contributed by atoms with Gasteiger partial charge in [-0.05, 0) is 18.4 Å². The first-order valence-electron chi connectivity index (χ1n) is 5.61. The SMILES string of the molecule is CC(=NCC(C)C)NOCc1ccccc1. The van der Waals surface area contributed by atoms with Crippen molar-refractivity contribution in [2.24, 2.45) is 10.9 Å². The van der Waals surface area contributed by atoms with Crippen LogP contribution in [-0.4, -0.2) is 12.4 Å². The third-order valence-electron chi connectivity index (χ3n) is 2.00. The number of nitrogens with zero attached hydrogens (tertiary/aromatic N) is 1. The average Bonchev–Trinajstić information content (AvgIpc) is 2.28. The molecule has 0 bridgehead atoms. The third kappa shape index (κ3) is 5.51. The van der Waals surface area contributed by atoms with E-state index in [1.807, 2.05) is 37.3 Å². The lowest BCUT2D eigenvalue weighted by Crippen LogP contribution is -2.21. The number of aliphatic imine (C=N–C) groups is 1. The van der Waals surface area contributed by atoms with E-state index < -0.39 is 0 Å². The summed E-state index contributed by atoms with van der Waals surface area (Å²) in [5.41, 5.74) is 3.98. The van der Waals surface area contributed by atoms with Gasteiger partial charge in [-0.3, -0.25) is 15.3 Å². The summed E-state index contributed by atoms with van der Waals surface area (Å²) in [4.78, 5) is 9.67. The summed E-state index contributed by atoms with van der Waals surface area (Å²) in [5.74, 6) is 1.40. The fraction of sp³-hybridized carbons (Fsp3) is 0.462. The molecule has 0 spiro atoms. The standard InChI is InChI=1S/C13H20N2O/c1-11(2)9-14-12(3)15-16-10-13-7-5-4-6-8-13/h4-8,11H,9-10H2,1-3H3,(H,14,15). The van der Waals surface area contributed by atoms with Crippen molar-refractivity contribution in [3.05, 3.63) is 35.9 Å². The van der Waals surface area contributed by atoms with E-state index >= 15 is 0 Å². The first-order valence-corrected chi connectivity index (χ1v) is 5.61. The molecule has 0 radical (unpaired) electrons. The number of amidine groups is 1. The van der Waals surface area contributed by atoms with Gasteiger partial charge in [-0.2, -0.15) is 0 Å². The van der Waals surface area contributed by atoms with E-state index in [-0.39, 0.29) is 0 Å². The lowest BCUT2D eigenvalue weighted by atomic mass is 10.2. The summed E-state index contributed by atoms with van der Waals surface area (Å²) in [6.07, 6.45) is 0. The number of hydroxylamine groups is 1. The summed E-state index contributed by atoms with van der Waals surface area (Å²) < 4.78 is 0. The van der Waals surface area contributed by atoms with Crippen LogP contribution in [0.25, 0.3) is 0 Å². The molecule has 0 aliphatic heterocycles. The van der Waals surface area contributed by atoms with Crippen molar-refractivity contribution < 1.29 is 4.84 Å². The fourth-order valence-electron chi connectivity index (χ4n) is 1.15. The number of benzene rings is 1. The van der Waals surface area contributed by atoms with Crippen molar-refractivity contribution in [3.63, 3.8) is 0 Å². The molecule has 1 aromatic rings. The topological polar surface area (TPSA) is 33.6 Å². The molecule has 1 aromatic carbocycles. The molecule has 0 aliphatic carbocycles. The van der Waals surface area contributed by atoms with Crippen LogP contribution in [-0.2, 0) is 11.4 Å². The van der Waals surface area contributed by atoms with Gasteiger partial charge in [0.05, 0.1) is 6.61 Å². The molecule has 0 unspecified atom stereocenters. The normalized spacial score (nSPS) is 11.9. The molecule has 3 nitrogen and oxygen atoms in total. The second-order valence-electron chi connectivity index (χ2n) is 4.20. The molecule has 0 heterocycles. The zero-order valence-electron chi connectivity index (χ0n) is 10.2. The van der Waals surface area contributed by atoms with Crippen molar-refractivity contribution >= 4 is 5.84 Å². The van der Waals surface area contributed by atoms with Crippen molar-refractivity contribution in [3.8, 4) is 0 Å². The minimum Gasteiger partial charge on any atom is -0.271 e. The van der Waals surface area contributed by atoms with Gasteiger partial charge in [-0.1, -0.05) is 44.2 Å². The van der Waals surface area contributed by atoms with E-state index in [4.69, 9.17) is 4.84 Å². The van der Waals surface area contributed by atoms with Crippen LogP contribution in [0.3, 0.4) is 0 Å². The fourth-order valence-corrected chi connectivity index (χ4v) is 1.15. The molecule has 0 amide bonds. The largest absolute Gasteiger partial charge is 0.271 e. The highest BCUT2D eigenvalue weighted by Gasteiger charge is 1.94. The number of rotatable bonds is 5. The van der Waals surface area contributed by atoms with E-state index in [2.05, 4.69) is 24.3 Å². The summed E-state index contributed by atoms with van der Waals surface area (Å²) in [6, 6.07) is 10.0. The highest BCUT2D eigenvalue weighted by atomic mass is 16.6. The maximum absolute atomic E-state index is 5.33. The van der Waals surface area contributed by atoms with Gasteiger partial charge in [0.1, 0.15) is 5.84 Å². The van der Waals surface area contributed by atoms with Crippen molar-refractivity contribution in [1.29, 1.82) is 0 Å². The summed E-state index contributed by atoms with van der Waals surface area (Å²) in [6.45, 7) is 7.57. The van der Waals surface area contributed by atoms with Gasteiger partial charge < -0.3 is 0 Å². The monoisotopic (exact) mass is 220 g/mol. The quantitative estimate of drug-likeness (QED) is 0.470. The maximum Gasteiger partial charge on any atom is 0.117 e. The van der Waals surface area contributed by atoms with E-state index in [0.717, 1.165) is 17.9 Å². The van der Waals surface area contributed by atoms with E-state index in [1.165, 1.54) is 0 Å². The smallest absolute Gasteiger partial charge is 0.117 e. The molecule has 0 atom stereocenters. The Hall–Kier alpha value is -1.35. The lowest BCUT2D eigenvalue weighted by molar-refractivity contribution is 0.0706. The molecule has 0 saturated carbocycles. The van der Waals surface area contributed by atoms with Crippen LogP contribution in [0.15, 0.2) is 35.3 Å². The van der Waals surface area contributed by atoms with E-state index in [0.29, 0.717) is 12.5 Å². The molecule has 0 fully saturated rings. The van der Waals surface area contributed by atoms with Crippen LogP contribution in [0.5, 0.6) is 0 Å². The molecule has 1 rings (SSSR count). The first kappa shape index (κ1) is 12.7. The molecule has 0 saturated heterocycles. The van der Waals surface area contributed by atoms with Gasteiger partial charge >= 0.3 is 0 Å². The second kappa shape index (κ2) is 7.01. The van der Waals surface area contributed by atoms with Crippen LogP contribution < -0.4 is 5.48 Å². The van der Waals surface area contributed by atoms with Gasteiger partial charge in [-0.25, -0.2) is 0 Å². The Morgan fingerprint density at radius 1 is 1.31 bits per heavy atom. The van der Waals surface area contributed by atoms with Gasteiger partial charge in [0, 0.05) is 6.54 Å². The zero-order valence-corrected chi connectivity index (χ0v) is 10.2. The number of hydrogen-bond acceptors (Lipinski definition) is 2. The Morgan fingerprint density at radius 3 is 2.62 bits per heavy atom. The molecule has 1 N–H and O–H groups in total. The molecular weight excluding hydrogens is 200 g/mol. The van der Waals surface area contributed by atoms with Crippen LogP contribution >= 0.6 is 0 Å². The Bertz CT molecular complexity index is 320. The highest BCUT2D eigenvalue weighted by molar-refractivity contribution is 5.78. The Labute approximate surface area is 97.5 Å². The lowest BCUT2D eigenvalue weighted by Gasteiger charge is -2.07. The Balaban J connectivity index is 2.23. The average molecular weight is 220 g/mol.